The first-order chi connectivity index (χ1) is 19.9. The Morgan fingerprint density at radius 3 is 1.93 bits per heavy atom. The monoisotopic (exact) mass is 578 g/mol. The van der Waals surface area contributed by atoms with Gasteiger partial charge in [0.05, 0.1) is 29.4 Å². The number of ether oxygens (including phenoxy) is 3. The third-order valence-corrected chi connectivity index (χ3v) is 7.45. The summed E-state index contributed by atoms with van der Waals surface area (Å²) in [5.74, 6) is 0.548. The number of hydrogen-bond acceptors (Lipinski definition) is 5. The SMILES string of the molecule is CCCCCCCCCCOc1ccc(C(=O)Oc2ccc(-c3ccc(C(=O)OCC(C)CC)cc3)cc2)c(Cl)c1. The van der Waals surface area contributed by atoms with Gasteiger partial charge in [-0.3, -0.25) is 0 Å². The van der Waals surface area contributed by atoms with Gasteiger partial charge in [-0.15, -0.1) is 0 Å². The lowest BCUT2D eigenvalue weighted by Gasteiger charge is -2.11. The number of halogens is 1. The summed E-state index contributed by atoms with van der Waals surface area (Å²) in [5, 5.41) is 0.294. The fourth-order valence-electron chi connectivity index (χ4n) is 4.27. The van der Waals surface area contributed by atoms with Crippen LogP contribution in [0.15, 0.2) is 66.7 Å². The van der Waals surface area contributed by atoms with E-state index in [2.05, 4.69) is 20.8 Å². The molecule has 3 rings (SSSR count). The zero-order chi connectivity index (χ0) is 29.5. The predicted molar refractivity (Wildman–Crippen MR) is 166 cm³/mol. The van der Waals surface area contributed by atoms with E-state index < -0.39 is 5.97 Å². The van der Waals surface area contributed by atoms with E-state index in [1.54, 1.807) is 42.5 Å². The van der Waals surface area contributed by atoms with Crippen LogP contribution < -0.4 is 9.47 Å². The normalized spacial score (nSPS) is 11.6. The minimum atomic E-state index is -0.530. The molecule has 0 spiro atoms. The van der Waals surface area contributed by atoms with Crippen LogP contribution in [-0.4, -0.2) is 25.2 Å². The molecule has 5 nitrogen and oxygen atoms in total. The molecule has 0 saturated carbocycles. The molecular formula is C35H43ClO5. The number of esters is 2. The Bertz CT molecular complexity index is 1220. The standard InChI is InChI=1S/C35H43ClO5/c1-4-6-7-8-9-10-11-12-23-39-31-21-22-32(33(36)24-31)35(38)41-30-19-17-28(18-20-30)27-13-15-29(16-14-27)34(37)40-25-26(3)5-2/h13-22,24,26H,4-12,23,25H2,1-3H3. The first-order valence-electron chi connectivity index (χ1n) is 14.9. The summed E-state index contributed by atoms with van der Waals surface area (Å²) >= 11 is 6.38. The molecule has 6 heteroatoms. The molecule has 0 aromatic heterocycles. The van der Waals surface area contributed by atoms with Gasteiger partial charge >= 0.3 is 11.9 Å². The lowest BCUT2D eigenvalue weighted by atomic mass is 10.0. The van der Waals surface area contributed by atoms with Crippen molar-refractivity contribution in [2.45, 2.75) is 78.6 Å². The Labute approximate surface area is 250 Å². The lowest BCUT2D eigenvalue weighted by Crippen LogP contribution is -2.11. The van der Waals surface area contributed by atoms with Crippen molar-refractivity contribution >= 4 is 23.5 Å². The molecule has 0 aliphatic heterocycles. The quantitative estimate of drug-likeness (QED) is 0.0905. The summed E-state index contributed by atoms with van der Waals surface area (Å²) < 4.78 is 16.7. The van der Waals surface area contributed by atoms with Gasteiger partial charge in [0.15, 0.2) is 0 Å². The van der Waals surface area contributed by atoms with Crippen molar-refractivity contribution in [2.75, 3.05) is 13.2 Å². The van der Waals surface area contributed by atoms with Crippen LogP contribution in [0, 0.1) is 5.92 Å². The van der Waals surface area contributed by atoms with E-state index in [9.17, 15) is 9.59 Å². The van der Waals surface area contributed by atoms with Crippen molar-refractivity contribution < 1.29 is 23.8 Å². The number of hydrogen-bond donors (Lipinski definition) is 0. The second kappa shape index (κ2) is 17.5. The molecule has 0 fully saturated rings. The fraction of sp³-hybridized carbons (Fsp3) is 0.429. The van der Waals surface area contributed by atoms with Gasteiger partial charge < -0.3 is 14.2 Å². The molecule has 41 heavy (non-hydrogen) atoms. The van der Waals surface area contributed by atoms with Crippen LogP contribution in [0.5, 0.6) is 11.5 Å². The van der Waals surface area contributed by atoms with Crippen LogP contribution >= 0.6 is 11.6 Å². The minimum absolute atomic E-state index is 0.283. The van der Waals surface area contributed by atoms with Gasteiger partial charge in [-0.25, -0.2) is 9.59 Å². The average Bonchev–Trinajstić information content (AvgIpc) is 2.99. The zero-order valence-electron chi connectivity index (χ0n) is 24.6. The third-order valence-electron chi connectivity index (χ3n) is 7.14. The van der Waals surface area contributed by atoms with Crippen LogP contribution in [0.25, 0.3) is 11.1 Å². The van der Waals surface area contributed by atoms with E-state index >= 15 is 0 Å². The highest BCUT2D eigenvalue weighted by molar-refractivity contribution is 6.33. The van der Waals surface area contributed by atoms with E-state index in [4.69, 9.17) is 25.8 Å². The molecule has 1 unspecified atom stereocenters. The van der Waals surface area contributed by atoms with E-state index in [1.807, 2.05) is 24.3 Å². The first-order valence-corrected chi connectivity index (χ1v) is 15.3. The van der Waals surface area contributed by atoms with Gasteiger partial charge in [-0.2, -0.15) is 0 Å². The van der Waals surface area contributed by atoms with Gasteiger partial charge in [0.2, 0.25) is 0 Å². The second-order valence-corrected chi connectivity index (χ2v) is 11.0. The van der Waals surface area contributed by atoms with Crippen molar-refractivity contribution in [3.8, 4) is 22.6 Å². The number of carbonyl (C=O) groups excluding carboxylic acids is 2. The Morgan fingerprint density at radius 2 is 1.32 bits per heavy atom. The Hall–Kier alpha value is -3.31. The molecule has 0 aliphatic carbocycles. The number of unbranched alkanes of at least 4 members (excludes halogenated alkanes) is 7. The predicted octanol–water partition coefficient (Wildman–Crippen LogP) is 9.95. The molecule has 3 aromatic carbocycles. The molecule has 0 saturated heterocycles. The maximum atomic E-state index is 12.8. The third kappa shape index (κ3) is 10.9. The van der Waals surface area contributed by atoms with Gasteiger partial charge in [0.25, 0.3) is 0 Å². The van der Waals surface area contributed by atoms with Crippen LogP contribution in [-0.2, 0) is 4.74 Å². The van der Waals surface area contributed by atoms with Gasteiger partial charge in [-0.1, -0.05) is 108 Å². The molecule has 3 aromatic rings. The number of rotatable bonds is 17. The van der Waals surface area contributed by atoms with Crippen molar-refractivity contribution in [2.24, 2.45) is 5.92 Å². The molecule has 220 valence electrons. The largest absolute Gasteiger partial charge is 0.494 e. The van der Waals surface area contributed by atoms with Crippen LogP contribution in [0.4, 0.5) is 0 Å². The molecule has 0 amide bonds. The lowest BCUT2D eigenvalue weighted by molar-refractivity contribution is 0.0447. The van der Waals surface area contributed by atoms with Gasteiger partial charge in [-0.05, 0) is 65.9 Å². The average molecular weight is 579 g/mol. The maximum absolute atomic E-state index is 12.8. The molecule has 0 radical (unpaired) electrons. The molecular weight excluding hydrogens is 536 g/mol. The molecule has 0 N–H and O–H groups in total. The first kappa shape index (κ1) is 32.2. The summed E-state index contributed by atoms with van der Waals surface area (Å²) in [6, 6.07) is 19.5. The zero-order valence-corrected chi connectivity index (χ0v) is 25.4. The van der Waals surface area contributed by atoms with E-state index in [-0.39, 0.29) is 11.5 Å². The molecule has 0 aliphatic rings. The Morgan fingerprint density at radius 1 is 0.732 bits per heavy atom. The minimum Gasteiger partial charge on any atom is -0.494 e. The van der Waals surface area contributed by atoms with Crippen molar-refractivity contribution in [3.63, 3.8) is 0 Å². The number of benzene rings is 3. The van der Waals surface area contributed by atoms with Gasteiger partial charge in [0.1, 0.15) is 11.5 Å². The van der Waals surface area contributed by atoms with Crippen LogP contribution in [0.2, 0.25) is 5.02 Å². The van der Waals surface area contributed by atoms with E-state index in [1.165, 1.54) is 38.5 Å². The second-order valence-electron chi connectivity index (χ2n) is 10.6. The highest BCUT2D eigenvalue weighted by Crippen LogP contribution is 2.27. The van der Waals surface area contributed by atoms with Crippen LogP contribution in [0.1, 0.15) is 99.3 Å². The smallest absolute Gasteiger partial charge is 0.345 e. The van der Waals surface area contributed by atoms with Crippen LogP contribution in [0.3, 0.4) is 0 Å². The molecule has 0 bridgehead atoms. The van der Waals surface area contributed by atoms with Crippen molar-refractivity contribution in [1.29, 1.82) is 0 Å². The summed E-state index contributed by atoms with van der Waals surface area (Å²) in [5.41, 5.74) is 2.67. The van der Waals surface area contributed by atoms with E-state index in [0.717, 1.165) is 30.4 Å². The summed E-state index contributed by atoms with van der Waals surface area (Å²) in [6.07, 6.45) is 10.9. The summed E-state index contributed by atoms with van der Waals surface area (Å²) in [6.45, 7) is 7.40. The van der Waals surface area contributed by atoms with Crippen molar-refractivity contribution in [3.05, 3.63) is 82.9 Å². The maximum Gasteiger partial charge on any atom is 0.345 e. The topological polar surface area (TPSA) is 61.8 Å². The Balaban J connectivity index is 1.46. The highest BCUT2D eigenvalue weighted by atomic mass is 35.5. The van der Waals surface area contributed by atoms with Gasteiger partial charge in [0, 0.05) is 0 Å². The fourth-order valence-corrected chi connectivity index (χ4v) is 4.52. The highest BCUT2D eigenvalue weighted by Gasteiger charge is 2.15. The molecule has 1 atom stereocenters. The molecule has 0 heterocycles. The Kier molecular flexibility index (Phi) is 13.7. The summed E-state index contributed by atoms with van der Waals surface area (Å²) in [4.78, 5) is 25.0. The summed E-state index contributed by atoms with van der Waals surface area (Å²) in [7, 11) is 0. The van der Waals surface area contributed by atoms with Crippen molar-refractivity contribution in [1.82, 2.24) is 0 Å². The number of carbonyl (C=O) groups is 2. The van der Waals surface area contributed by atoms with E-state index in [0.29, 0.717) is 41.2 Å².